The summed E-state index contributed by atoms with van der Waals surface area (Å²) in [6.07, 6.45) is -3.12. The fourth-order valence-electron chi connectivity index (χ4n) is 3.43. The Kier molecular flexibility index (Phi) is 5.79. The number of aromatic hydroxyl groups is 1. The Balaban J connectivity index is 1.63. The molecular formula is C20H22F3N3O2. The average molecular weight is 393 g/mol. The molecule has 0 radical (unpaired) electrons. The van der Waals surface area contributed by atoms with Gasteiger partial charge in [0, 0.05) is 49.5 Å². The van der Waals surface area contributed by atoms with Crippen LogP contribution in [0.5, 0.6) is 5.75 Å². The van der Waals surface area contributed by atoms with Gasteiger partial charge in [-0.25, -0.2) is 0 Å². The maximum Gasteiger partial charge on any atom is 0.416 e. The normalized spacial score (nSPS) is 16.1. The molecule has 0 bridgehead atoms. The standard InChI is InChI=1S/C20H22F3N3O2/c1-14-10-15(12-24-28)19(27)16(11-14)13-25-6-8-26(9-7-25)18-4-2-17(3-5-18)20(21,22)23/h2-5,10-12,27-28H,6-9,13H2,1H3/b24-12+. The average Bonchev–Trinajstić information content (AvgIpc) is 2.66. The predicted octanol–water partition coefficient (Wildman–Crippen LogP) is 3.85. The lowest BCUT2D eigenvalue weighted by Crippen LogP contribution is -2.46. The van der Waals surface area contributed by atoms with E-state index in [1.165, 1.54) is 18.3 Å². The largest absolute Gasteiger partial charge is 0.507 e. The second kappa shape index (κ2) is 8.10. The molecule has 0 aliphatic carbocycles. The van der Waals surface area contributed by atoms with Crippen LogP contribution in [-0.4, -0.2) is 47.6 Å². The van der Waals surface area contributed by atoms with Gasteiger partial charge >= 0.3 is 6.18 Å². The summed E-state index contributed by atoms with van der Waals surface area (Å²) in [6.45, 7) is 5.25. The minimum Gasteiger partial charge on any atom is -0.507 e. The summed E-state index contributed by atoms with van der Waals surface area (Å²) in [5, 5.41) is 22.1. The molecule has 8 heteroatoms. The van der Waals surface area contributed by atoms with Gasteiger partial charge in [-0.15, -0.1) is 0 Å². The summed E-state index contributed by atoms with van der Waals surface area (Å²) in [4.78, 5) is 4.23. The lowest BCUT2D eigenvalue weighted by atomic mass is 10.0. The molecule has 0 saturated carbocycles. The first-order valence-electron chi connectivity index (χ1n) is 8.92. The zero-order valence-corrected chi connectivity index (χ0v) is 15.4. The number of piperazine rings is 1. The Bertz CT molecular complexity index is 843. The van der Waals surface area contributed by atoms with E-state index in [-0.39, 0.29) is 5.75 Å². The van der Waals surface area contributed by atoms with E-state index >= 15 is 0 Å². The summed E-state index contributed by atoms with van der Waals surface area (Å²) in [5.41, 5.74) is 2.28. The number of anilines is 1. The predicted molar refractivity (Wildman–Crippen MR) is 101 cm³/mol. The van der Waals surface area contributed by atoms with E-state index in [9.17, 15) is 18.3 Å². The molecule has 1 saturated heterocycles. The van der Waals surface area contributed by atoms with Gasteiger partial charge in [0.05, 0.1) is 11.8 Å². The number of hydrogen-bond acceptors (Lipinski definition) is 5. The molecule has 0 amide bonds. The van der Waals surface area contributed by atoms with E-state index in [0.29, 0.717) is 25.2 Å². The molecular weight excluding hydrogens is 371 g/mol. The van der Waals surface area contributed by atoms with E-state index in [4.69, 9.17) is 5.21 Å². The van der Waals surface area contributed by atoms with Crippen LogP contribution in [0.1, 0.15) is 22.3 Å². The highest BCUT2D eigenvalue weighted by molar-refractivity contribution is 5.84. The van der Waals surface area contributed by atoms with Crippen molar-refractivity contribution in [1.82, 2.24) is 4.90 Å². The smallest absolute Gasteiger partial charge is 0.416 e. The Hall–Kier alpha value is -2.74. The molecule has 0 unspecified atom stereocenters. The van der Waals surface area contributed by atoms with Crippen molar-refractivity contribution < 1.29 is 23.5 Å². The first kappa shape index (κ1) is 20.0. The number of halogens is 3. The molecule has 2 N–H and O–H groups in total. The maximum absolute atomic E-state index is 12.7. The van der Waals surface area contributed by atoms with Crippen LogP contribution in [0.25, 0.3) is 0 Å². The minimum absolute atomic E-state index is 0.0913. The van der Waals surface area contributed by atoms with Crippen LogP contribution in [0.15, 0.2) is 41.6 Å². The first-order chi connectivity index (χ1) is 13.3. The molecule has 28 heavy (non-hydrogen) atoms. The van der Waals surface area contributed by atoms with Crippen LogP contribution < -0.4 is 4.90 Å². The molecule has 5 nitrogen and oxygen atoms in total. The van der Waals surface area contributed by atoms with E-state index in [1.807, 2.05) is 13.0 Å². The van der Waals surface area contributed by atoms with Crippen LogP contribution in [0.3, 0.4) is 0 Å². The number of benzene rings is 2. The van der Waals surface area contributed by atoms with Crippen molar-refractivity contribution in [3.05, 3.63) is 58.7 Å². The SMILES string of the molecule is Cc1cc(/C=N/O)c(O)c(CN2CCN(c3ccc(C(F)(F)F)cc3)CC2)c1. The van der Waals surface area contributed by atoms with Gasteiger partial charge in [0.1, 0.15) is 5.75 Å². The number of phenolic OH excluding ortho intramolecular Hbond substituents is 1. The molecule has 0 atom stereocenters. The van der Waals surface area contributed by atoms with Crippen molar-refractivity contribution in [3.63, 3.8) is 0 Å². The molecule has 2 aromatic carbocycles. The molecule has 0 aromatic heterocycles. The second-order valence-electron chi connectivity index (χ2n) is 6.91. The Morgan fingerprint density at radius 3 is 2.29 bits per heavy atom. The van der Waals surface area contributed by atoms with Gasteiger partial charge in [-0.05, 0) is 42.8 Å². The number of nitrogens with zero attached hydrogens (tertiary/aromatic N) is 3. The van der Waals surface area contributed by atoms with Crippen molar-refractivity contribution in [2.75, 3.05) is 31.1 Å². The quantitative estimate of drug-likeness (QED) is 0.471. The number of alkyl halides is 3. The third kappa shape index (κ3) is 4.56. The van der Waals surface area contributed by atoms with Crippen molar-refractivity contribution >= 4 is 11.9 Å². The Morgan fingerprint density at radius 1 is 1.07 bits per heavy atom. The fraction of sp³-hybridized carbons (Fsp3) is 0.350. The maximum atomic E-state index is 12.7. The first-order valence-corrected chi connectivity index (χ1v) is 8.92. The Morgan fingerprint density at radius 2 is 1.71 bits per heavy atom. The highest BCUT2D eigenvalue weighted by Gasteiger charge is 2.30. The molecule has 1 fully saturated rings. The molecule has 1 aliphatic heterocycles. The number of oxime groups is 1. The van der Waals surface area contributed by atoms with Crippen LogP contribution in [0.4, 0.5) is 18.9 Å². The molecule has 3 rings (SSSR count). The van der Waals surface area contributed by atoms with Gasteiger partial charge in [-0.3, -0.25) is 4.90 Å². The zero-order valence-electron chi connectivity index (χ0n) is 15.4. The van der Waals surface area contributed by atoms with Gasteiger partial charge in [0.2, 0.25) is 0 Å². The van der Waals surface area contributed by atoms with Crippen molar-refractivity contribution in [1.29, 1.82) is 0 Å². The van der Waals surface area contributed by atoms with E-state index in [0.717, 1.165) is 42.0 Å². The molecule has 2 aromatic rings. The van der Waals surface area contributed by atoms with Crippen LogP contribution in [0.2, 0.25) is 0 Å². The number of hydrogen-bond donors (Lipinski definition) is 2. The van der Waals surface area contributed by atoms with Crippen molar-refractivity contribution in [3.8, 4) is 5.75 Å². The number of phenols is 1. The second-order valence-corrected chi connectivity index (χ2v) is 6.91. The topological polar surface area (TPSA) is 59.3 Å². The molecule has 1 heterocycles. The lowest BCUT2D eigenvalue weighted by molar-refractivity contribution is -0.137. The van der Waals surface area contributed by atoms with E-state index in [1.54, 1.807) is 6.07 Å². The third-order valence-corrected chi connectivity index (χ3v) is 4.89. The van der Waals surface area contributed by atoms with Crippen molar-refractivity contribution in [2.45, 2.75) is 19.6 Å². The lowest BCUT2D eigenvalue weighted by Gasteiger charge is -2.36. The molecule has 1 aliphatic rings. The summed E-state index contributed by atoms with van der Waals surface area (Å²) < 4.78 is 38.1. The van der Waals surface area contributed by atoms with E-state index in [2.05, 4.69) is 15.0 Å². The summed E-state index contributed by atoms with van der Waals surface area (Å²) in [6, 6.07) is 8.86. The third-order valence-electron chi connectivity index (χ3n) is 4.89. The van der Waals surface area contributed by atoms with Gasteiger partial charge in [0.25, 0.3) is 0 Å². The van der Waals surface area contributed by atoms with E-state index < -0.39 is 11.7 Å². The fourth-order valence-corrected chi connectivity index (χ4v) is 3.43. The summed E-state index contributed by atoms with van der Waals surface area (Å²) in [7, 11) is 0. The molecule has 150 valence electrons. The monoisotopic (exact) mass is 393 g/mol. The minimum atomic E-state index is -4.33. The van der Waals surface area contributed by atoms with Crippen LogP contribution in [0, 0.1) is 6.92 Å². The molecule has 0 spiro atoms. The van der Waals surface area contributed by atoms with Gasteiger partial charge in [-0.1, -0.05) is 11.2 Å². The highest BCUT2D eigenvalue weighted by atomic mass is 19.4. The number of rotatable bonds is 4. The summed E-state index contributed by atoms with van der Waals surface area (Å²) >= 11 is 0. The van der Waals surface area contributed by atoms with Gasteiger partial charge in [0.15, 0.2) is 0 Å². The summed E-state index contributed by atoms with van der Waals surface area (Å²) in [5.74, 6) is 0.0913. The highest BCUT2D eigenvalue weighted by Crippen LogP contribution is 2.31. The van der Waals surface area contributed by atoms with Crippen LogP contribution >= 0.6 is 0 Å². The van der Waals surface area contributed by atoms with Gasteiger partial charge in [-0.2, -0.15) is 13.2 Å². The van der Waals surface area contributed by atoms with Crippen molar-refractivity contribution in [2.24, 2.45) is 5.16 Å². The zero-order chi connectivity index (χ0) is 20.3. The number of aryl methyl sites for hydroxylation is 1. The van der Waals surface area contributed by atoms with Crippen LogP contribution in [-0.2, 0) is 12.7 Å². The van der Waals surface area contributed by atoms with Gasteiger partial charge < -0.3 is 15.2 Å². The Labute approximate surface area is 161 Å².